The van der Waals surface area contributed by atoms with Crippen molar-refractivity contribution < 1.29 is 10.2 Å². The Morgan fingerprint density at radius 2 is 1.70 bits per heavy atom. The van der Waals surface area contributed by atoms with Crippen LogP contribution < -0.4 is 0 Å². The monoisotopic (exact) mass is 406 g/mol. The summed E-state index contributed by atoms with van der Waals surface area (Å²) in [4.78, 5) is 2.30. The molecule has 1 aliphatic carbocycles. The Labute approximate surface area is 179 Å². The van der Waals surface area contributed by atoms with Gasteiger partial charge in [-0.3, -0.25) is 4.90 Å². The van der Waals surface area contributed by atoms with Gasteiger partial charge in [-0.1, -0.05) is 61.4 Å². The van der Waals surface area contributed by atoms with E-state index in [9.17, 15) is 10.2 Å². The second kappa shape index (κ2) is 9.34. The number of aryl methyl sites for hydroxylation is 1. The molecule has 4 nitrogen and oxygen atoms in total. The molecule has 1 fully saturated rings. The molecule has 0 amide bonds. The van der Waals surface area contributed by atoms with Gasteiger partial charge < -0.3 is 14.8 Å². The van der Waals surface area contributed by atoms with Crippen molar-refractivity contribution in [1.29, 1.82) is 0 Å². The molecule has 0 radical (unpaired) electrons. The van der Waals surface area contributed by atoms with E-state index in [0.29, 0.717) is 13.1 Å². The summed E-state index contributed by atoms with van der Waals surface area (Å²) in [5.41, 5.74) is 4.89. The molecule has 4 rings (SSSR count). The molecular weight excluding hydrogens is 372 g/mol. The Kier molecular flexibility index (Phi) is 6.57. The van der Waals surface area contributed by atoms with Crippen molar-refractivity contribution in [3.8, 4) is 0 Å². The van der Waals surface area contributed by atoms with Gasteiger partial charge in [0.15, 0.2) is 0 Å². The number of fused-ring (bicyclic) bond motifs is 1. The van der Waals surface area contributed by atoms with Crippen LogP contribution in [0.1, 0.15) is 42.5 Å². The van der Waals surface area contributed by atoms with E-state index < -0.39 is 6.10 Å². The first-order valence-corrected chi connectivity index (χ1v) is 11.2. The van der Waals surface area contributed by atoms with E-state index in [-0.39, 0.29) is 12.1 Å². The van der Waals surface area contributed by atoms with Crippen LogP contribution >= 0.6 is 0 Å². The Bertz CT molecular complexity index is 966. The Balaban J connectivity index is 1.54. The van der Waals surface area contributed by atoms with E-state index in [1.807, 2.05) is 6.07 Å². The van der Waals surface area contributed by atoms with Gasteiger partial charge in [0.2, 0.25) is 0 Å². The molecule has 0 aliphatic heterocycles. The van der Waals surface area contributed by atoms with Crippen molar-refractivity contribution in [3.63, 3.8) is 0 Å². The maximum atomic E-state index is 11.1. The van der Waals surface area contributed by atoms with E-state index in [0.717, 1.165) is 32.2 Å². The van der Waals surface area contributed by atoms with Crippen LogP contribution in [0.2, 0.25) is 0 Å². The van der Waals surface area contributed by atoms with E-state index >= 15 is 0 Å². The summed E-state index contributed by atoms with van der Waals surface area (Å²) in [5, 5.41) is 23.1. The highest BCUT2D eigenvalue weighted by Crippen LogP contribution is 2.27. The summed E-state index contributed by atoms with van der Waals surface area (Å²) in [7, 11) is 0. The zero-order valence-corrected chi connectivity index (χ0v) is 18.2. The van der Waals surface area contributed by atoms with Crippen molar-refractivity contribution in [3.05, 3.63) is 71.4 Å². The lowest BCUT2D eigenvalue weighted by Gasteiger charge is -2.39. The molecule has 1 aliphatic rings. The summed E-state index contributed by atoms with van der Waals surface area (Å²) in [6.45, 7) is 6.16. The third-order valence-corrected chi connectivity index (χ3v) is 6.78. The first-order chi connectivity index (χ1) is 14.5. The van der Waals surface area contributed by atoms with Gasteiger partial charge in [-0.05, 0) is 43.9 Å². The predicted molar refractivity (Wildman–Crippen MR) is 123 cm³/mol. The molecule has 30 heavy (non-hydrogen) atoms. The zero-order valence-electron chi connectivity index (χ0n) is 18.2. The third kappa shape index (κ3) is 4.46. The van der Waals surface area contributed by atoms with Gasteiger partial charge in [0.1, 0.15) is 0 Å². The average Bonchev–Trinajstić information content (AvgIpc) is 2.99. The SMILES string of the molecule is Cc1c(C)n(CC(O)CN(Cc2ccccc2)C2CCCCC2O)c2ccccc12. The zero-order chi connectivity index (χ0) is 21.1. The van der Waals surface area contributed by atoms with E-state index in [4.69, 9.17) is 0 Å². The lowest BCUT2D eigenvalue weighted by Crippen LogP contribution is -2.48. The van der Waals surface area contributed by atoms with E-state index in [1.54, 1.807) is 0 Å². The standard InChI is InChI=1S/C26H34N2O2/c1-19-20(2)28(24-13-7-6-12-23(19)24)18-22(29)17-27(16-21-10-4-3-5-11-21)25-14-8-9-15-26(25)30/h3-7,10-13,22,25-26,29-30H,8-9,14-18H2,1-2H3. The number of nitrogens with zero attached hydrogens (tertiary/aromatic N) is 2. The van der Waals surface area contributed by atoms with Gasteiger partial charge in [-0.15, -0.1) is 0 Å². The topological polar surface area (TPSA) is 48.6 Å². The largest absolute Gasteiger partial charge is 0.391 e. The van der Waals surface area contributed by atoms with Gasteiger partial charge in [0, 0.05) is 35.7 Å². The second-order valence-electron chi connectivity index (χ2n) is 8.83. The highest BCUT2D eigenvalue weighted by molar-refractivity contribution is 5.85. The first-order valence-electron chi connectivity index (χ1n) is 11.2. The predicted octanol–water partition coefficient (Wildman–Crippen LogP) is 4.42. The minimum Gasteiger partial charge on any atom is -0.391 e. The molecular formula is C26H34N2O2. The lowest BCUT2D eigenvalue weighted by atomic mass is 9.90. The number of hydrogen-bond acceptors (Lipinski definition) is 3. The lowest BCUT2D eigenvalue weighted by molar-refractivity contribution is -0.00883. The van der Waals surface area contributed by atoms with Gasteiger partial charge in [-0.2, -0.15) is 0 Å². The molecule has 3 atom stereocenters. The van der Waals surface area contributed by atoms with Crippen LogP contribution in [-0.2, 0) is 13.1 Å². The average molecular weight is 407 g/mol. The van der Waals surface area contributed by atoms with Crippen LogP contribution in [0.25, 0.3) is 10.9 Å². The van der Waals surface area contributed by atoms with Crippen molar-refractivity contribution in [2.24, 2.45) is 0 Å². The third-order valence-electron chi connectivity index (χ3n) is 6.78. The summed E-state index contributed by atoms with van der Waals surface area (Å²) in [5.74, 6) is 0. The van der Waals surface area contributed by atoms with Crippen LogP contribution in [0, 0.1) is 13.8 Å². The Morgan fingerprint density at radius 3 is 2.47 bits per heavy atom. The molecule has 3 unspecified atom stereocenters. The fraction of sp³-hybridized carbons (Fsp3) is 0.462. The molecule has 0 saturated heterocycles. The molecule has 3 aromatic rings. The number of para-hydroxylation sites is 1. The van der Waals surface area contributed by atoms with Gasteiger partial charge in [0.25, 0.3) is 0 Å². The van der Waals surface area contributed by atoms with Crippen LogP contribution in [0.5, 0.6) is 0 Å². The van der Waals surface area contributed by atoms with Gasteiger partial charge in [0.05, 0.1) is 18.8 Å². The number of hydrogen-bond donors (Lipinski definition) is 2. The molecule has 160 valence electrons. The molecule has 0 bridgehead atoms. The number of aliphatic hydroxyl groups excluding tert-OH is 2. The fourth-order valence-corrected chi connectivity index (χ4v) is 5.03. The van der Waals surface area contributed by atoms with E-state index in [1.165, 1.54) is 27.7 Å². The van der Waals surface area contributed by atoms with Crippen molar-refractivity contribution in [2.75, 3.05) is 6.54 Å². The number of benzene rings is 2. The number of aliphatic hydroxyl groups is 2. The molecule has 2 aromatic carbocycles. The van der Waals surface area contributed by atoms with Crippen molar-refractivity contribution >= 4 is 10.9 Å². The normalized spacial score (nSPS) is 20.7. The quantitative estimate of drug-likeness (QED) is 0.610. The Morgan fingerprint density at radius 1 is 1.00 bits per heavy atom. The summed E-state index contributed by atoms with van der Waals surface area (Å²) in [6.07, 6.45) is 3.26. The summed E-state index contributed by atoms with van der Waals surface area (Å²) < 4.78 is 2.24. The van der Waals surface area contributed by atoms with Gasteiger partial charge in [-0.25, -0.2) is 0 Å². The van der Waals surface area contributed by atoms with E-state index in [2.05, 4.69) is 71.8 Å². The van der Waals surface area contributed by atoms with Crippen LogP contribution in [-0.4, -0.2) is 44.5 Å². The smallest absolute Gasteiger partial charge is 0.0846 e. The molecule has 0 spiro atoms. The number of rotatable bonds is 7. The van der Waals surface area contributed by atoms with Crippen LogP contribution in [0.15, 0.2) is 54.6 Å². The molecule has 2 N–H and O–H groups in total. The van der Waals surface area contributed by atoms with Gasteiger partial charge >= 0.3 is 0 Å². The minimum absolute atomic E-state index is 0.109. The Hall–Kier alpha value is -2.14. The van der Waals surface area contributed by atoms with Crippen molar-refractivity contribution in [1.82, 2.24) is 9.47 Å². The van der Waals surface area contributed by atoms with Crippen LogP contribution in [0.3, 0.4) is 0 Å². The molecule has 4 heteroatoms. The second-order valence-corrected chi connectivity index (χ2v) is 8.83. The summed E-state index contributed by atoms with van der Waals surface area (Å²) in [6, 6.07) is 18.9. The molecule has 1 saturated carbocycles. The minimum atomic E-state index is -0.503. The number of aromatic nitrogens is 1. The maximum absolute atomic E-state index is 11.1. The first kappa shape index (κ1) is 21.1. The molecule has 1 heterocycles. The highest BCUT2D eigenvalue weighted by Gasteiger charge is 2.30. The highest BCUT2D eigenvalue weighted by atomic mass is 16.3. The molecule has 1 aromatic heterocycles. The van der Waals surface area contributed by atoms with Crippen LogP contribution in [0.4, 0.5) is 0 Å². The fourth-order valence-electron chi connectivity index (χ4n) is 5.03. The summed E-state index contributed by atoms with van der Waals surface area (Å²) >= 11 is 0. The maximum Gasteiger partial charge on any atom is 0.0846 e. The van der Waals surface area contributed by atoms with Crippen molar-refractivity contribution in [2.45, 2.75) is 70.9 Å².